The first-order chi connectivity index (χ1) is 15.3. The van der Waals surface area contributed by atoms with Gasteiger partial charge in [0.15, 0.2) is 0 Å². The summed E-state index contributed by atoms with van der Waals surface area (Å²) < 4.78 is 1.02. The number of aliphatic hydroxyl groups excluding tert-OH is 1. The van der Waals surface area contributed by atoms with Gasteiger partial charge in [-0.25, -0.2) is 0 Å². The van der Waals surface area contributed by atoms with Crippen LogP contribution in [0.25, 0.3) is 0 Å². The summed E-state index contributed by atoms with van der Waals surface area (Å²) in [4.78, 5) is 2.41. The molecule has 1 unspecified atom stereocenters. The molecule has 0 aliphatic carbocycles. The van der Waals surface area contributed by atoms with Gasteiger partial charge in [0.2, 0.25) is 0 Å². The molecule has 0 fully saturated rings. The topological polar surface area (TPSA) is 35.5 Å². The summed E-state index contributed by atoms with van der Waals surface area (Å²) >= 11 is 0. The number of allylic oxidation sites excluding steroid dienone is 6. The second-order valence-electron chi connectivity index (χ2n) is 10.2. The Hall–Kier alpha value is -0.940. The molecule has 0 aromatic carbocycles. The third-order valence-corrected chi connectivity index (χ3v) is 5.62. The predicted molar refractivity (Wildman–Crippen MR) is 143 cm³/mol. The Balaban J connectivity index is 3.47. The van der Waals surface area contributed by atoms with Crippen molar-refractivity contribution in [3.63, 3.8) is 0 Å². The zero-order valence-electron chi connectivity index (χ0n) is 22.2. The molecular weight excluding hydrogens is 394 g/mol. The van der Waals surface area contributed by atoms with Gasteiger partial charge in [-0.15, -0.1) is 0 Å². The van der Waals surface area contributed by atoms with Gasteiger partial charge in [0, 0.05) is 6.54 Å². The third kappa shape index (κ3) is 25.3. The molecule has 0 radical (unpaired) electrons. The zero-order valence-corrected chi connectivity index (χ0v) is 22.2. The second-order valence-corrected chi connectivity index (χ2v) is 10.2. The van der Waals surface area contributed by atoms with Gasteiger partial charge < -0.3 is 14.5 Å². The highest BCUT2D eigenvalue weighted by Crippen LogP contribution is 2.05. The zero-order chi connectivity index (χ0) is 23.9. The Morgan fingerprint density at radius 1 is 0.781 bits per heavy atom. The van der Waals surface area contributed by atoms with Crippen molar-refractivity contribution in [2.75, 3.05) is 54.4 Å². The van der Waals surface area contributed by atoms with Crippen LogP contribution in [0.3, 0.4) is 0 Å². The van der Waals surface area contributed by atoms with Crippen LogP contribution in [0.15, 0.2) is 36.5 Å². The Morgan fingerprint density at radius 2 is 1.38 bits per heavy atom. The lowest BCUT2D eigenvalue weighted by Crippen LogP contribution is -2.41. The molecule has 0 spiro atoms. The number of hydrogen-bond acceptors (Lipinski definition) is 3. The van der Waals surface area contributed by atoms with E-state index in [-0.39, 0.29) is 6.23 Å². The van der Waals surface area contributed by atoms with Gasteiger partial charge >= 0.3 is 0 Å². The Morgan fingerprint density at radius 3 is 1.97 bits per heavy atom. The number of quaternary nitrogens is 1. The fraction of sp³-hybridized carbons (Fsp3) is 0.786. The Labute approximate surface area is 201 Å². The van der Waals surface area contributed by atoms with Crippen LogP contribution in [0, 0.1) is 0 Å². The highest BCUT2D eigenvalue weighted by atomic mass is 16.3. The van der Waals surface area contributed by atoms with Crippen LogP contribution >= 0.6 is 0 Å². The van der Waals surface area contributed by atoms with Crippen molar-refractivity contribution < 1.29 is 9.59 Å². The SMILES string of the molecule is CCCCC/C=C/C/C=C/C/C=C/CCCCC(O)NCCCCN(C)CC[N+](C)(C)C. The van der Waals surface area contributed by atoms with Crippen molar-refractivity contribution in [1.82, 2.24) is 10.2 Å². The lowest BCUT2D eigenvalue weighted by Gasteiger charge is -2.27. The van der Waals surface area contributed by atoms with E-state index in [4.69, 9.17) is 0 Å². The molecule has 0 bridgehead atoms. The van der Waals surface area contributed by atoms with E-state index in [0.29, 0.717) is 0 Å². The molecule has 0 amide bonds. The van der Waals surface area contributed by atoms with Gasteiger partial charge in [0.05, 0.1) is 27.7 Å². The van der Waals surface area contributed by atoms with Crippen LogP contribution in [-0.4, -0.2) is 75.1 Å². The molecule has 0 aliphatic rings. The van der Waals surface area contributed by atoms with Crippen molar-refractivity contribution in [2.45, 2.75) is 90.2 Å². The second kappa shape index (κ2) is 21.9. The van der Waals surface area contributed by atoms with Crippen LogP contribution < -0.4 is 5.32 Å². The van der Waals surface area contributed by atoms with Crippen LogP contribution in [0.4, 0.5) is 0 Å². The lowest BCUT2D eigenvalue weighted by atomic mass is 10.1. The first-order valence-corrected chi connectivity index (χ1v) is 13.2. The summed E-state index contributed by atoms with van der Waals surface area (Å²) in [7, 11) is 8.92. The summed E-state index contributed by atoms with van der Waals surface area (Å²) in [5.74, 6) is 0. The number of likely N-dealkylation sites (N-methyl/N-ethyl adjacent to an activating group) is 2. The normalized spacial score (nSPS) is 14.0. The quantitative estimate of drug-likeness (QED) is 0.0932. The van der Waals surface area contributed by atoms with E-state index in [0.717, 1.165) is 69.1 Å². The largest absolute Gasteiger partial charge is 0.379 e. The standard InChI is InChI=1S/C28H56N3O/c1-6-7-8-9-10-11-12-13-14-15-16-17-18-19-20-23-28(32)29-24-21-22-25-30(2)26-27-31(3,4)5/h10-11,13-14,16-17,28-29,32H,6-9,12,15,18-27H2,1-5H3/q+1/b11-10+,14-13+,17-16+. The van der Waals surface area contributed by atoms with Gasteiger partial charge in [-0.2, -0.15) is 0 Å². The van der Waals surface area contributed by atoms with Crippen molar-refractivity contribution in [3.8, 4) is 0 Å². The minimum absolute atomic E-state index is 0.354. The molecule has 2 N–H and O–H groups in total. The smallest absolute Gasteiger partial charge is 0.104 e. The Kier molecular flexibility index (Phi) is 21.2. The van der Waals surface area contributed by atoms with Crippen molar-refractivity contribution in [1.29, 1.82) is 0 Å². The van der Waals surface area contributed by atoms with E-state index in [9.17, 15) is 5.11 Å². The minimum atomic E-state index is -0.354. The average molecular weight is 451 g/mol. The van der Waals surface area contributed by atoms with Gasteiger partial charge in [-0.3, -0.25) is 5.32 Å². The lowest BCUT2D eigenvalue weighted by molar-refractivity contribution is -0.869. The fourth-order valence-electron chi connectivity index (χ4n) is 3.35. The van der Waals surface area contributed by atoms with Gasteiger partial charge in [-0.05, 0) is 84.3 Å². The van der Waals surface area contributed by atoms with E-state index in [1.807, 2.05) is 0 Å². The molecule has 0 aliphatic heterocycles. The number of nitrogens with zero attached hydrogens (tertiary/aromatic N) is 2. The molecule has 4 heteroatoms. The maximum absolute atomic E-state index is 10.1. The molecule has 0 rings (SSSR count). The van der Waals surface area contributed by atoms with Crippen molar-refractivity contribution in [2.24, 2.45) is 0 Å². The first-order valence-electron chi connectivity index (χ1n) is 13.2. The molecule has 188 valence electrons. The van der Waals surface area contributed by atoms with Gasteiger partial charge in [-0.1, -0.05) is 56.2 Å². The van der Waals surface area contributed by atoms with E-state index >= 15 is 0 Å². The molecule has 4 nitrogen and oxygen atoms in total. The maximum atomic E-state index is 10.1. The summed E-state index contributed by atoms with van der Waals surface area (Å²) in [6, 6.07) is 0. The van der Waals surface area contributed by atoms with E-state index < -0.39 is 0 Å². The molecule has 0 saturated carbocycles. The maximum Gasteiger partial charge on any atom is 0.104 e. The third-order valence-electron chi connectivity index (χ3n) is 5.62. The summed E-state index contributed by atoms with van der Waals surface area (Å²) in [6.45, 7) is 6.61. The first kappa shape index (κ1) is 31.1. The van der Waals surface area contributed by atoms with Crippen molar-refractivity contribution >= 4 is 0 Å². The van der Waals surface area contributed by atoms with Crippen molar-refractivity contribution in [3.05, 3.63) is 36.5 Å². The van der Waals surface area contributed by atoms with Crippen LogP contribution in [0.2, 0.25) is 0 Å². The summed E-state index contributed by atoms with van der Waals surface area (Å²) in [6.07, 6.45) is 27.0. The molecule has 1 atom stereocenters. The van der Waals surface area contributed by atoms with Crippen LogP contribution in [0.1, 0.15) is 84.0 Å². The molecule has 32 heavy (non-hydrogen) atoms. The summed E-state index contributed by atoms with van der Waals surface area (Å²) in [5.41, 5.74) is 0. The van der Waals surface area contributed by atoms with Crippen LogP contribution in [-0.2, 0) is 0 Å². The van der Waals surface area contributed by atoms with E-state index in [1.165, 1.54) is 38.6 Å². The van der Waals surface area contributed by atoms with Crippen LogP contribution in [0.5, 0.6) is 0 Å². The number of unbranched alkanes of at least 4 members (excludes halogenated alkanes) is 6. The van der Waals surface area contributed by atoms with Gasteiger partial charge in [0.1, 0.15) is 6.23 Å². The molecule has 0 heterocycles. The molecular formula is C28H56N3O+. The Bertz CT molecular complexity index is 480. The van der Waals surface area contributed by atoms with E-state index in [2.05, 4.69) is 81.8 Å². The molecule has 0 saturated heterocycles. The highest BCUT2D eigenvalue weighted by Gasteiger charge is 2.08. The summed E-state index contributed by atoms with van der Waals surface area (Å²) in [5, 5.41) is 13.3. The number of aliphatic hydroxyl groups is 1. The minimum Gasteiger partial charge on any atom is -0.379 e. The monoisotopic (exact) mass is 450 g/mol. The number of rotatable bonds is 22. The number of hydrogen-bond donors (Lipinski definition) is 2. The van der Waals surface area contributed by atoms with E-state index in [1.54, 1.807) is 0 Å². The predicted octanol–water partition coefficient (Wildman–Crippen LogP) is 5.90. The fourth-order valence-corrected chi connectivity index (χ4v) is 3.35. The molecule has 0 aromatic rings. The van der Waals surface area contributed by atoms with Gasteiger partial charge in [0.25, 0.3) is 0 Å². The highest BCUT2D eigenvalue weighted by molar-refractivity contribution is 4.97. The number of nitrogens with one attached hydrogen (secondary N) is 1. The average Bonchev–Trinajstić information content (AvgIpc) is 2.74. The molecule has 0 aromatic heterocycles.